The number of benzene rings is 1. The first-order valence-corrected chi connectivity index (χ1v) is 10.4. The lowest BCUT2D eigenvalue weighted by atomic mass is 10.0. The Labute approximate surface area is 176 Å². The Bertz CT molecular complexity index is 766. The summed E-state index contributed by atoms with van der Waals surface area (Å²) in [5.41, 5.74) is -0.349. The number of halogens is 1. The summed E-state index contributed by atoms with van der Waals surface area (Å²) in [5.74, 6) is -0.571. The van der Waals surface area contributed by atoms with Crippen molar-refractivity contribution in [3.63, 3.8) is 0 Å². The van der Waals surface area contributed by atoms with Gasteiger partial charge < -0.3 is 19.3 Å². The van der Waals surface area contributed by atoms with E-state index in [4.69, 9.17) is 9.47 Å². The van der Waals surface area contributed by atoms with Gasteiger partial charge >= 0.3 is 6.09 Å². The van der Waals surface area contributed by atoms with Crippen LogP contribution in [0.1, 0.15) is 46.5 Å². The van der Waals surface area contributed by atoms with Crippen LogP contribution in [0.4, 0.5) is 20.6 Å². The Hall–Kier alpha value is -2.42. The van der Waals surface area contributed by atoms with E-state index < -0.39 is 16.3 Å². The Morgan fingerprint density at radius 3 is 2.17 bits per heavy atom. The molecule has 1 aromatic rings. The summed E-state index contributed by atoms with van der Waals surface area (Å²) in [5, 5.41) is 10.8. The number of nitrogens with zero attached hydrogens (tertiary/aromatic N) is 3. The number of likely N-dealkylation sites (tertiary alicyclic amines) is 1. The number of nitro groups is 1. The fraction of sp³-hybridized carbons (Fsp3) is 0.667. The van der Waals surface area contributed by atoms with E-state index in [9.17, 15) is 19.3 Å². The quantitative estimate of drug-likeness (QED) is 0.535. The van der Waals surface area contributed by atoms with E-state index in [-0.39, 0.29) is 24.0 Å². The van der Waals surface area contributed by atoms with Gasteiger partial charge in [0.25, 0.3) is 5.69 Å². The molecule has 2 heterocycles. The number of carbonyl (C=O) groups is 1. The third-order valence-corrected chi connectivity index (χ3v) is 5.40. The zero-order valence-electron chi connectivity index (χ0n) is 17.8. The van der Waals surface area contributed by atoms with Gasteiger partial charge in [0.2, 0.25) is 0 Å². The maximum atomic E-state index is 14.2. The van der Waals surface area contributed by atoms with Gasteiger partial charge in [0.05, 0.1) is 28.9 Å². The van der Waals surface area contributed by atoms with Crippen LogP contribution >= 0.6 is 0 Å². The number of ether oxygens (including phenoxy) is 2. The molecule has 8 nitrogen and oxygen atoms in total. The number of piperidine rings is 2. The first kappa shape index (κ1) is 22.3. The zero-order valence-corrected chi connectivity index (χ0v) is 17.8. The van der Waals surface area contributed by atoms with Gasteiger partial charge in [-0.2, -0.15) is 0 Å². The molecule has 0 bridgehead atoms. The SMILES string of the molecule is CC(C)(C)OC(=O)N1CCC(OC2CCN(c3ccc([N+](=O)[O-])cc3F)CC2)CC1. The third kappa shape index (κ3) is 5.81. The fourth-order valence-corrected chi connectivity index (χ4v) is 3.87. The second-order valence-corrected chi connectivity index (χ2v) is 8.88. The monoisotopic (exact) mass is 423 g/mol. The number of amides is 1. The highest BCUT2D eigenvalue weighted by atomic mass is 19.1. The molecule has 2 aliphatic rings. The average Bonchev–Trinajstić information content (AvgIpc) is 2.68. The molecule has 0 unspecified atom stereocenters. The minimum atomic E-state index is -0.596. The van der Waals surface area contributed by atoms with Crippen molar-refractivity contribution >= 4 is 17.5 Å². The van der Waals surface area contributed by atoms with Crippen molar-refractivity contribution in [2.75, 3.05) is 31.1 Å². The predicted octanol–water partition coefficient (Wildman–Crippen LogP) is 4.12. The molecule has 9 heteroatoms. The highest BCUT2D eigenvalue weighted by Crippen LogP contribution is 2.28. The van der Waals surface area contributed by atoms with Gasteiger partial charge in [0, 0.05) is 32.2 Å². The molecule has 2 fully saturated rings. The van der Waals surface area contributed by atoms with Crippen molar-refractivity contribution in [3.8, 4) is 0 Å². The van der Waals surface area contributed by atoms with Crippen LogP contribution in [0, 0.1) is 15.9 Å². The molecular weight excluding hydrogens is 393 g/mol. The van der Waals surface area contributed by atoms with Gasteiger partial charge in [-0.05, 0) is 52.5 Å². The molecule has 0 radical (unpaired) electrons. The highest BCUT2D eigenvalue weighted by Gasteiger charge is 2.30. The Balaban J connectivity index is 1.44. The third-order valence-electron chi connectivity index (χ3n) is 5.40. The van der Waals surface area contributed by atoms with E-state index in [2.05, 4.69) is 0 Å². The van der Waals surface area contributed by atoms with Gasteiger partial charge in [0.15, 0.2) is 5.82 Å². The van der Waals surface area contributed by atoms with Crippen molar-refractivity contribution in [2.24, 2.45) is 0 Å². The van der Waals surface area contributed by atoms with Crippen LogP contribution in [0.15, 0.2) is 18.2 Å². The minimum absolute atomic E-state index is 0.0976. The number of hydrogen-bond acceptors (Lipinski definition) is 6. The van der Waals surface area contributed by atoms with Gasteiger partial charge in [0.1, 0.15) is 5.60 Å². The maximum absolute atomic E-state index is 14.2. The summed E-state index contributed by atoms with van der Waals surface area (Å²) in [6, 6.07) is 3.77. The lowest BCUT2D eigenvalue weighted by Crippen LogP contribution is -2.45. The fourth-order valence-electron chi connectivity index (χ4n) is 3.87. The summed E-state index contributed by atoms with van der Waals surface area (Å²) in [6.45, 7) is 8.08. The number of anilines is 1. The van der Waals surface area contributed by atoms with E-state index in [1.807, 2.05) is 25.7 Å². The van der Waals surface area contributed by atoms with Gasteiger partial charge in [-0.15, -0.1) is 0 Å². The molecule has 0 aromatic heterocycles. The zero-order chi connectivity index (χ0) is 21.9. The minimum Gasteiger partial charge on any atom is -0.444 e. The number of rotatable bonds is 4. The summed E-state index contributed by atoms with van der Waals surface area (Å²) < 4.78 is 25.9. The largest absolute Gasteiger partial charge is 0.444 e. The van der Waals surface area contributed by atoms with Crippen LogP contribution in [0.2, 0.25) is 0 Å². The van der Waals surface area contributed by atoms with Crippen LogP contribution in [0.5, 0.6) is 0 Å². The lowest BCUT2D eigenvalue weighted by molar-refractivity contribution is -0.385. The van der Waals surface area contributed by atoms with Crippen LogP contribution in [0.25, 0.3) is 0 Å². The summed E-state index contributed by atoms with van der Waals surface area (Å²) >= 11 is 0. The van der Waals surface area contributed by atoms with E-state index >= 15 is 0 Å². The molecule has 0 aliphatic carbocycles. The van der Waals surface area contributed by atoms with Crippen molar-refractivity contribution < 1.29 is 23.6 Å². The van der Waals surface area contributed by atoms with E-state index in [1.165, 1.54) is 12.1 Å². The van der Waals surface area contributed by atoms with Crippen LogP contribution in [-0.4, -0.2) is 59.9 Å². The average molecular weight is 423 g/mol. The smallest absolute Gasteiger partial charge is 0.410 e. The Kier molecular flexibility index (Phi) is 6.80. The molecule has 0 atom stereocenters. The standard InChI is InChI=1S/C21H30FN3O5/c1-21(2,3)30-20(26)24-12-8-17(9-13-24)29-16-6-10-23(11-7-16)19-5-4-15(25(27)28)14-18(19)22/h4-5,14,16-17H,6-13H2,1-3H3. The summed E-state index contributed by atoms with van der Waals surface area (Å²) in [6.07, 6.45) is 3.01. The van der Waals surface area contributed by atoms with Crippen LogP contribution in [-0.2, 0) is 9.47 Å². The topological polar surface area (TPSA) is 85.1 Å². The molecule has 1 aromatic carbocycles. The second kappa shape index (κ2) is 9.16. The lowest BCUT2D eigenvalue weighted by Gasteiger charge is -2.38. The molecule has 166 valence electrons. The predicted molar refractivity (Wildman–Crippen MR) is 110 cm³/mol. The second-order valence-electron chi connectivity index (χ2n) is 8.88. The molecule has 2 aliphatic heterocycles. The highest BCUT2D eigenvalue weighted by molar-refractivity contribution is 5.68. The van der Waals surface area contributed by atoms with Gasteiger partial charge in [-0.3, -0.25) is 10.1 Å². The van der Waals surface area contributed by atoms with Crippen molar-refractivity contribution in [1.82, 2.24) is 4.90 Å². The molecule has 2 saturated heterocycles. The first-order chi connectivity index (χ1) is 14.1. The molecular formula is C21H30FN3O5. The van der Waals surface area contributed by atoms with E-state index in [1.54, 1.807) is 4.90 Å². The first-order valence-electron chi connectivity index (χ1n) is 10.4. The number of nitro benzene ring substituents is 1. The normalized spacial score (nSPS) is 19.1. The van der Waals surface area contributed by atoms with Crippen molar-refractivity contribution in [3.05, 3.63) is 34.1 Å². The van der Waals surface area contributed by atoms with Gasteiger partial charge in [-0.25, -0.2) is 9.18 Å². The number of non-ortho nitro benzene ring substituents is 1. The van der Waals surface area contributed by atoms with E-state index in [0.29, 0.717) is 31.9 Å². The Morgan fingerprint density at radius 1 is 1.10 bits per heavy atom. The van der Waals surface area contributed by atoms with Crippen LogP contribution < -0.4 is 4.90 Å². The maximum Gasteiger partial charge on any atom is 0.410 e. The van der Waals surface area contributed by atoms with Crippen molar-refractivity contribution in [1.29, 1.82) is 0 Å². The molecule has 1 amide bonds. The molecule has 0 spiro atoms. The Morgan fingerprint density at radius 2 is 1.67 bits per heavy atom. The summed E-state index contributed by atoms with van der Waals surface area (Å²) in [4.78, 5) is 26.0. The molecule has 0 N–H and O–H groups in total. The number of hydrogen-bond donors (Lipinski definition) is 0. The van der Waals surface area contributed by atoms with Crippen LogP contribution in [0.3, 0.4) is 0 Å². The summed E-state index contributed by atoms with van der Waals surface area (Å²) in [7, 11) is 0. The number of carbonyl (C=O) groups excluding carboxylic acids is 1. The molecule has 30 heavy (non-hydrogen) atoms. The van der Waals surface area contributed by atoms with E-state index in [0.717, 1.165) is 31.7 Å². The van der Waals surface area contributed by atoms with Crippen molar-refractivity contribution in [2.45, 2.75) is 64.3 Å². The molecule has 3 rings (SSSR count). The van der Waals surface area contributed by atoms with Gasteiger partial charge in [-0.1, -0.05) is 0 Å². The molecule has 0 saturated carbocycles.